The third-order valence-electron chi connectivity index (χ3n) is 4.44. The summed E-state index contributed by atoms with van der Waals surface area (Å²) in [5, 5.41) is 0.182. The third-order valence-corrected chi connectivity index (χ3v) is 5.56. The Bertz CT molecular complexity index is 1120. The molecule has 0 N–H and O–H groups in total. The van der Waals surface area contributed by atoms with Gasteiger partial charge in [0.05, 0.1) is 10.6 Å². The number of carbonyl (C=O) groups is 2. The van der Waals surface area contributed by atoms with Gasteiger partial charge in [0.15, 0.2) is 0 Å². The van der Waals surface area contributed by atoms with Crippen LogP contribution >= 0.6 is 23.4 Å². The van der Waals surface area contributed by atoms with Crippen LogP contribution < -0.4 is 14.4 Å². The number of hydrogen-bond acceptors (Lipinski definition) is 5. The van der Waals surface area contributed by atoms with Crippen LogP contribution in [0.4, 0.5) is 10.5 Å². The maximum Gasteiger partial charge on any atom is 0.298 e. The molecule has 0 aromatic heterocycles. The third kappa shape index (κ3) is 5.10. The topological polar surface area (TPSA) is 55.8 Å². The van der Waals surface area contributed by atoms with Crippen LogP contribution in [0, 0.1) is 0 Å². The lowest BCUT2D eigenvalue weighted by Crippen LogP contribution is -2.27. The Balaban J connectivity index is 1.45. The lowest BCUT2D eigenvalue weighted by molar-refractivity contribution is -0.113. The summed E-state index contributed by atoms with van der Waals surface area (Å²) < 4.78 is 11.5. The van der Waals surface area contributed by atoms with Crippen molar-refractivity contribution in [2.45, 2.75) is 0 Å². The molecule has 0 spiro atoms. The molecule has 5 nitrogen and oxygen atoms in total. The predicted molar refractivity (Wildman–Crippen MR) is 124 cm³/mol. The van der Waals surface area contributed by atoms with Crippen LogP contribution in [0.15, 0.2) is 83.8 Å². The van der Waals surface area contributed by atoms with Gasteiger partial charge in [0.2, 0.25) is 0 Å². The van der Waals surface area contributed by atoms with Crippen LogP contribution in [0.25, 0.3) is 6.08 Å². The average Bonchev–Trinajstić information content (AvgIpc) is 3.06. The number of halogens is 1. The van der Waals surface area contributed by atoms with Gasteiger partial charge in [-0.1, -0.05) is 48.0 Å². The van der Waals surface area contributed by atoms with E-state index in [9.17, 15) is 9.59 Å². The van der Waals surface area contributed by atoms with E-state index in [4.69, 9.17) is 21.1 Å². The Hall–Kier alpha value is -3.22. The number of thioether (sulfide) groups is 1. The molecule has 3 aromatic rings. The van der Waals surface area contributed by atoms with Crippen LogP contribution in [0.2, 0.25) is 5.02 Å². The van der Waals surface area contributed by atoms with Crippen molar-refractivity contribution in [3.8, 4) is 11.5 Å². The minimum Gasteiger partial charge on any atom is -0.490 e. The molecule has 0 bridgehead atoms. The Kier molecular flexibility index (Phi) is 6.60. The fourth-order valence-electron chi connectivity index (χ4n) is 2.98. The van der Waals surface area contributed by atoms with Gasteiger partial charge in [-0.05, 0) is 60.3 Å². The fourth-order valence-corrected chi connectivity index (χ4v) is 3.94. The smallest absolute Gasteiger partial charge is 0.298 e. The SMILES string of the molecule is O=C1S/C(=C\c2ccccc2OCCOc2ccccc2)C(=O)N1c1ccc(Cl)cc1. The molecular weight excluding hydrogens is 434 g/mol. The Morgan fingerprint density at radius 3 is 2.29 bits per heavy atom. The highest BCUT2D eigenvalue weighted by molar-refractivity contribution is 8.19. The second-order valence-corrected chi connectivity index (χ2v) is 7.97. The summed E-state index contributed by atoms with van der Waals surface area (Å²) >= 11 is 6.80. The first-order valence-corrected chi connectivity index (χ1v) is 10.7. The van der Waals surface area contributed by atoms with Gasteiger partial charge in [0.1, 0.15) is 24.7 Å². The monoisotopic (exact) mass is 451 g/mol. The van der Waals surface area contributed by atoms with Gasteiger partial charge >= 0.3 is 0 Å². The van der Waals surface area contributed by atoms with Gasteiger partial charge < -0.3 is 9.47 Å². The first-order valence-electron chi connectivity index (χ1n) is 9.55. The molecule has 0 saturated carbocycles. The zero-order chi connectivity index (χ0) is 21.6. The lowest BCUT2D eigenvalue weighted by Gasteiger charge is -2.12. The zero-order valence-corrected chi connectivity index (χ0v) is 17.9. The highest BCUT2D eigenvalue weighted by atomic mass is 35.5. The van der Waals surface area contributed by atoms with Crippen LogP contribution in [0.5, 0.6) is 11.5 Å². The fraction of sp³-hybridized carbons (Fsp3) is 0.0833. The van der Waals surface area contributed by atoms with Gasteiger partial charge in [-0.2, -0.15) is 0 Å². The molecule has 0 aliphatic carbocycles. The van der Waals surface area contributed by atoms with Crippen molar-refractivity contribution in [3.63, 3.8) is 0 Å². The number of anilines is 1. The molecular formula is C24H18ClNO4S. The van der Waals surface area contributed by atoms with Crippen molar-refractivity contribution in [1.82, 2.24) is 0 Å². The number of ether oxygens (including phenoxy) is 2. The predicted octanol–water partition coefficient (Wildman–Crippen LogP) is 6.04. The minimum absolute atomic E-state index is 0.330. The van der Waals surface area contributed by atoms with Gasteiger partial charge in [0.25, 0.3) is 11.1 Å². The molecule has 156 valence electrons. The highest BCUT2D eigenvalue weighted by Gasteiger charge is 2.36. The van der Waals surface area contributed by atoms with Crippen molar-refractivity contribution < 1.29 is 19.1 Å². The number of amides is 2. The number of rotatable bonds is 7. The first-order chi connectivity index (χ1) is 15.1. The molecule has 1 fully saturated rings. The van der Waals surface area contributed by atoms with E-state index in [0.717, 1.165) is 22.4 Å². The number of benzene rings is 3. The van der Waals surface area contributed by atoms with Gasteiger partial charge in [-0.15, -0.1) is 0 Å². The molecule has 7 heteroatoms. The number of para-hydroxylation sites is 2. The highest BCUT2D eigenvalue weighted by Crippen LogP contribution is 2.37. The Morgan fingerprint density at radius 2 is 1.52 bits per heavy atom. The van der Waals surface area contributed by atoms with E-state index in [1.807, 2.05) is 54.6 Å². The summed E-state index contributed by atoms with van der Waals surface area (Å²) in [5.74, 6) is 1.01. The van der Waals surface area contributed by atoms with Gasteiger partial charge in [-0.3, -0.25) is 9.59 Å². The maximum absolute atomic E-state index is 12.9. The molecule has 3 aromatic carbocycles. The molecule has 1 saturated heterocycles. The Morgan fingerprint density at radius 1 is 0.839 bits per heavy atom. The molecule has 4 rings (SSSR count). The maximum atomic E-state index is 12.9. The van der Waals surface area contributed by atoms with Crippen molar-refractivity contribution in [1.29, 1.82) is 0 Å². The quantitative estimate of drug-likeness (QED) is 0.324. The van der Waals surface area contributed by atoms with E-state index >= 15 is 0 Å². The van der Waals surface area contributed by atoms with Crippen molar-refractivity contribution in [2.75, 3.05) is 18.1 Å². The number of imide groups is 1. The van der Waals surface area contributed by atoms with E-state index < -0.39 is 0 Å². The van der Waals surface area contributed by atoms with E-state index in [1.165, 1.54) is 0 Å². The van der Waals surface area contributed by atoms with E-state index in [0.29, 0.717) is 40.1 Å². The lowest BCUT2D eigenvalue weighted by atomic mass is 10.2. The first kappa shape index (κ1) is 21.0. The van der Waals surface area contributed by atoms with Crippen molar-refractivity contribution in [2.24, 2.45) is 0 Å². The van der Waals surface area contributed by atoms with Gasteiger partial charge in [0, 0.05) is 10.6 Å². The van der Waals surface area contributed by atoms with Crippen LogP contribution in [0.3, 0.4) is 0 Å². The summed E-state index contributed by atoms with van der Waals surface area (Å²) in [5.41, 5.74) is 1.20. The van der Waals surface area contributed by atoms with E-state index in [-0.39, 0.29) is 11.1 Å². The van der Waals surface area contributed by atoms with Crippen molar-refractivity contribution in [3.05, 3.63) is 94.4 Å². The van der Waals surface area contributed by atoms with E-state index in [2.05, 4.69) is 0 Å². The molecule has 1 aliphatic heterocycles. The average molecular weight is 452 g/mol. The number of nitrogens with zero attached hydrogens (tertiary/aromatic N) is 1. The molecule has 0 unspecified atom stereocenters. The number of carbonyl (C=O) groups excluding carboxylic acids is 2. The van der Waals surface area contributed by atoms with Gasteiger partial charge in [-0.25, -0.2) is 4.90 Å². The molecule has 1 heterocycles. The normalized spacial score (nSPS) is 14.9. The Labute approximate surface area is 189 Å². The standard InChI is InChI=1S/C24H18ClNO4S/c25-18-10-12-19(13-11-18)26-23(27)22(31-24(26)28)16-17-6-4-5-9-21(17)30-15-14-29-20-7-2-1-3-8-20/h1-13,16H,14-15H2/b22-16-. The zero-order valence-electron chi connectivity index (χ0n) is 16.4. The summed E-state index contributed by atoms with van der Waals surface area (Å²) in [4.78, 5) is 26.8. The molecule has 0 radical (unpaired) electrons. The van der Waals surface area contributed by atoms with Crippen LogP contribution in [-0.4, -0.2) is 24.4 Å². The largest absolute Gasteiger partial charge is 0.490 e. The second kappa shape index (κ2) is 9.73. The summed E-state index contributed by atoms with van der Waals surface area (Å²) in [6.07, 6.45) is 1.67. The van der Waals surface area contributed by atoms with Crippen molar-refractivity contribution >= 4 is 46.3 Å². The number of hydrogen-bond donors (Lipinski definition) is 0. The molecule has 0 atom stereocenters. The molecule has 31 heavy (non-hydrogen) atoms. The second-order valence-electron chi connectivity index (χ2n) is 6.54. The summed E-state index contributed by atoms with van der Waals surface area (Å²) in [7, 11) is 0. The minimum atomic E-state index is -0.375. The van der Waals surface area contributed by atoms with Crippen LogP contribution in [0.1, 0.15) is 5.56 Å². The summed E-state index contributed by atoms with van der Waals surface area (Å²) in [6, 6.07) is 23.4. The summed E-state index contributed by atoms with van der Waals surface area (Å²) in [6.45, 7) is 0.720. The van der Waals surface area contributed by atoms with E-state index in [1.54, 1.807) is 30.3 Å². The molecule has 1 aliphatic rings. The molecule has 2 amide bonds. The van der Waals surface area contributed by atoms with Crippen LogP contribution in [-0.2, 0) is 4.79 Å².